The van der Waals surface area contributed by atoms with Gasteiger partial charge < -0.3 is 0 Å². The summed E-state index contributed by atoms with van der Waals surface area (Å²) in [6.45, 7) is 5.54. The molecule has 0 bridgehead atoms. The van der Waals surface area contributed by atoms with Gasteiger partial charge in [-0.1, -0.05) is 82.3 Å². The Bertz CT molecular complexity index is 447. The lowest BCUT2D eigenvalue weighted by molar-refractivity contribution is 0.273. The van der Waals surface area contributed by atoms with Crippen molar-refractivity contribution in [1.82, 2.24) is 0 Å². The summed E-state index contributed by atoms with van der Waals surface area (Å²) in [7, 11) is -1.14. The highest BCUT2D eigenvalue weighted by molar-refractivity contribution is 6.80. The van der Waals surface area contributed by atoms with Crippen molar-refractivity contribution in [3.8, 4) is 0 Å². The lowest BCUT2D eigenvalue weighted by Gasteiger charge is -2.43. The van der Waals surface area contributed by atoms with Gasteiger partial charge in [-0.3, -0.25) is 0 Å². The Morgan fingerprint density at radius 1 is 0.762 bits per heavy atom. The van der Waals surface area contributed by atoms with E-state index < -0.39 is 8.07 Å². The van der Waals surface area contributed by atoms with E-state index in [1.165, 1.54) is 25.7 Å². The van der Waals surface area contributed by atoms with E-state index in [2.05, 4.69) is 37.4 Å². The first kappa shape index (κ1) is 14.3. The second-order valence-electron chi connectivity index (χ2n) is 8.91. The molecule has 21 heavy (non-hydrogen) atoms. The maximum atomic E-state index is 2.77. The molecule has 4 aliphatic carbocycles. The molecule has 0 aromatic heterocycles. The minimum Gasteiger partial charge on any atom is -0.0808 e. The number of hydrogen-bond donors (Lipinski definition) is 0. The minimum absolute atomic E-state index is 0.885. The summed E-state index contributed by atoms with van der Waals surface area (Å²) in [5, 5.41) is 0. The molecule has 4 aliphatic rings. The first-order valence-electron chi connectivity index (χ1n) is 9.53. The summed E-state index contributed by atoms with van der Waals surface area (Å²) in [6.07, 6.45) is 22.0. The molecule has 0 aromatic rings. The molecule has 0 saturated heterocycles. The van der Waals surface area contributed by atoms with E-state index in [-0.39, 0.29) is 0 Å². The lowest BCUT2D eigenvalue weighted by Crippen LogP contribution is -2.42. The molecule has 0 spiro atoms. The highest BCUT2D eigenvalue weighted by atomic mass is 28.3. The van der Waals surface area contributed by atoms with Crippen molar-refractivity contribution in [2.45, 2.75) is 75.5 Å². The SMILES string of the molecule is C[Si](C)(C1CCC2C=CC=CC21)C1CCC2CCCCC21. The van der Waals surface area contributed by atoms with Crippen LogP contribution < -0.4 is 0 Å². The third kappa shape index (κ3) is 2.31. The van der Waals surface area contributed by atoms with E-state index in [0.29, 0.717) is 0 Å². The Labute approximate surface area is 132 Å². The Hall–Kier alpha value is -0.303. The van der Waals surface area contributed by atoms with E-state index in [1.54, 1.807) is 25.7 Å². The van der Waals surface area contributed by atoms with Crippen LogP contribution in [0.15, 0.2) is 24.3 Å². The van der Waals surface area contributed by atoms with Gasteiger partial charge in [0.1, 0.15) is 0 Å². The molecule has 3 saturated carbocycles. The maximum absolute atomic E-state index is 2.77. The van der Waals surface area contributed by atoms with Crippen LogP contribution in [0.1, 0.15) is 51.4 Å². The molecular weight excluding hydrogens is 268 g/mol. The number of hydrogen-bond acceptors (Lipinski definition) is 0. The van der Waals surface area contributed by atoms with Crippen LogP contribution >= 0.6 is 0 Å². The second-order valence-corrected chi connectivity index (χ2v) is 14.0. The summed E-state index contributed by atoms with van der Waals surface area (Å²) >= 11 is 0. The van der Waals surface area contributed by atoms with Crippen molar-refractivity contribution in [3.05, 3.63) is 24.3 Å². The van der Waals surface area contributed by atoms with Crippen LogP contribution in [0, 0.1) is 23.7 Å². The molecule has 116 valence electrons. The molecule has 0 amide bonds. The van der Waals surface area contributed by atoms with Crippen molar-refractivity contribution in [2.75, 3.05) is 0 Å². The molecular formula is C20H32Si. The summed E-state index contributed by atoms with van der Waals surface area (Å²) in [4.78, 5) is 0. The Morgan fingerprint density at radius 2 is 1.52 bits per heavy atom. The molecule has 0 aromatic carbocycles. The molecule has 0 heterocycles. The van der Waals surface area contributed by atoms with Gasteiger partial charge in [-0.25, -0.2) is 0 Å². The first-order chi connectivity index (χ1) is 10.2. The Morgan fingerprint density at radius 3 is 2.43 bits per heavy atom. The lowest BCUT2D eigenvalue weighted by atomic mass is 9.82. The van der Waals surface area contributed by atoms with Gasteiger partial charge in [0, 0.05) is 0 Å². The van der Waals surface area contributed by atoms with E-state index in [4.69, 9.17) is 0 Å². The van der Waals surface area contributed by atoms with Crippen LogP contribution in [-0.2, 0) is 0 Å². The zero-order chi connectivity index (χ0) is 14.4. The van der Waals surface area contributed by atoms with Crippen LogP contribution in [0.4, 0.5) is 0 Å². The van der Waals surface area contributed by atoms with Gasteiger partial charge in [-0.05, 0) is 41.2 Å². The van der Waals surface area contributed by atoms with Gasteiger partial charge in [0.2, 0.25) is 0 Å². The second kappa shape index (κ2) is 5.40. The van der Waals surface area contributed by atoms with Crippen molar-refractivity contribution >= 4 is 8.07 Å². The van der Waals surface area contributed by atoms with Crippen LogP contribution in [-0.4, -0.2) is 8.07 Å². The Kier molecular flexibility index (Phi) is 3.68. The molecule has 6 atom stereocenters. The summed E-state index contributed by atoms with van der Waals surface area (Å²) < 4.78 is 0. The van der Waals surface area contributed by atoms with Crippen LogP contribution in [0.25, 0.3) is 0 Å². The highest BCUT2D eigenvalue weighted by Gasteiger charge is 2.52. The van der Waals surface area contributed by atoms with E-state index >= 15 is 0 Å². The fourth-order valence-corrected chi connectivity index (χ4v) is 12.0. The van der Waals surface area contributed by atoms with Crippen molar-refractivity contribution < 1.29 is 0 Å². The van der Waals surface area contributed by atoms with Gasteiger partial charge in [-0.15, -0.1) is 0 Å². The fraction of sp³-hybridized carbons (Fsp3) is 0.800. The topological polar surface area (TPSA) is 0 Å². The molecule has 0 N–H and O–H groups in total. The zero-order valence-corrected chi connectivity index (χ0v) is 14.9. The summed E-state index contributed by atoms with van der Waals surface area (Å²) in [5.41, 5.74) is 2.21. The van der Waals surface area contributed by atoms with Crippen molar-refractivity contribution in [1.29, 1.82) is 0 Å². The van der Waals surface area contributed by atoms with Gasteiger partial charge in [-0.2, -0.15) is 0 Å². The molecule has 0 aliphatic heterocycles. The largest absolute Gasteiger partial charge is 0.0808 e. The molecule has 3 fully saturated rings. The number of rotatable bonds is 2. The van der Waals surface area contributed by atoms with Gasteiger partial charge >= 0.3 is 0 Å². The summed E-state index contributed by atoms with van der Waals surface area (Å²) in [5.74, 6) is 4.03. The Balaban J connectivity index is 1.56. The minimum atomic E-state index is -1.14. The van der Waals surface area contributed by atoms with Crippen LogP contribution in [0.2, 0.25) is 24.2 Å². The average Bonchev–Trinajstić information content (AvgIpc) is 3.12. The van der Waals surface area contributed by atoms with Gasteiger partial charge in [0.25, 0.3) is 0 Å². The third-order valence-electron chi connectivity index (χ3n) is 7.82. The number of fused-ring (bicyclic) bond motifs is 2. The van der Waals surface area contributed by atoms with Crippen molar-refractivity contribution in [2.24, 2.45) is 23.7 Å². The summed E-state index contributed by atoms with van der Waals surface area (Å²) in [6, 6.07) is 0. The molecule has 0 nitrogen and oxygen atoms in total. The molecule has 6 unspecified atom stereocenters. The van der Waals surface area contributed by atoms with Crippen LogP contribution in [0.3, 0.4) is 0 Å². The normalized spacial score (nSPS) is 45.6. The van der Waals surface area contributed by atoms with E-state index in [1.807, 2.05) is 0 Å². The number of allylic oxidation sites excluding steroid dienone is 4. The van der Waals surface area contributed by atoms with Gasteiger partial charge in [0.05, 0.1) is 8.07 Å². The smallest absolute Gasteiger partial charge is 0.0544 e. The van der Waals surface area contributed by atoms with Crippen molar-refractivity contribution in [3.63, 3.8) is 0 Å². The first-order valence-corrected chi connectivity index (χ1v) is 12.7. The predicted molar refractivity (Wildman–Crippen MR) is 94.2 cm³/mol. The predicted octanol–water partition coefficient (Wildman–Crippen LogP) is 6.19. The van der Waals surface area contributed by atoms with E-state index in [0.717, 1.165) is 34.8 Å². The quantitative estimate of drug-likeness (QED) is 0.534. The average molecular weight is 301 g/mol. The maximum Gasteiger partial charge on any atom is 0.0544 e. The zero-order valence-electron chi connectivity index (χ0n) is 13.9. The van der Waals surface area contributed by atoms with Gasteiger partial charge in [0.15, 0.2) is 0 Å². The van der Waals surface area contributed by atoms with Crippen LogP contribution in [0.5, 0.6) is 0 Å². The monoisotopic (exact) mass is 300 g/mol. The van der Waals surface area contributed by atoms with E-state index in [9.17, 15) is 0 Å². The fourth-order valence-electron chi connectivity index (χ4n) is 6.75. The highest BCUT2D eigenvalue weighted by Crippen LogP contribution is 2.60. The molecule has 0 radical (unpaired) electrons. The molecule has 4 rings (SSSR count). The molecule has 1 heteroatoms. The standard InChI is InChI=1S/C20H32Si/c1-21(2,19-13-11-15-7-3-5-9-17(15)19)20-14-12-16-8-4-6-10-18(16)20/h3,5,7,9,15-20H,4,6,8,10-14H2,1-2H3. The third-order valence-corrected chi connectivity index (χ3v) is 13.0.